The molecule has 1 heterocycles. The van der Waals surface area contributed by atoms with Gasteiger partial charge in [0.1, 0.15) is 0 Å². The summed E-state index contributed by atoms with van der Waals surface area (Å²) in [6, 6.07) is 6.95. The zero-order valence-electron chi connectivity index (χ0n) is 10.8. The number of hydrogen-bond donors (Lipinski definition) is 0. The summed E-state index contributed by atoms with van der Waals surface area (Å²) in [4.78, 5) is 0.364. The third-order valence-corrected chi connectivity index (χ3v) is 6.36. The predicted molar refractivity (Wildman–Crippen MR) is 75.8 cm³/mol. The lowest BCUT2D eigenvalue weighted by Gasteiger charge is -2.06. The second-order valence-electron chi connectivity index (χ2n) is 5.42. The van der Waals surface area contributed by atoms with E-state index in [0.717, 1.165) is 25.7 Å². The van der Waals surface area contributed by atoms with Crippen molar-refractivity contribution in [2.45, 2.75) is 55.5 Å². The predicted octanol–water partition coefficient (Wildman–Crippen LogP) is 3.44. The minimum Gasteiger partial charge on any atom is -0.207 e. The number of hydrogen-bond acceptors (Lipinski definition) is 2. The van der Waals surface area contributed by atoms with Gasteiger partial charge in [-0.05, 0) is 37.1 Å². The fourth-order valence-electron chi connectivity index (χ4n) is 3.09. The van der Waals surface area contributed by atoms with Gasteiger partial charge in [-0.15, -0.1) is 0 Å². The molecule has 3 rings (SSSR count). The Kier molecular flexibility index (Phi) is 3.58. The first-order chi connectivity index (χ1) is 9.10. The highest BCUT2D eigenvalue weighted by molar-refractivity contribution is 7.89. The lowest BCUT2D eigenvalue weighted by Crippen LogP contribution is -2.15. The van der Waals surface area contributed by atoms with E-state index in [2.05, 4.69) is 0 Å². The summed E-state index contributed by atoms with van der Waals surface area (Å²) in [5.41, 5.74) is 0. The molecule has 1 aliphatic carbocycles. The van der Waals surface area contributed by atoms with Crippen molar-refractivity contribution in [3.05, 3.63) is 29.3 Å². The SMILES string of the molecule is O=S(=O)(c1ccc(Cl)cc1)N1[C@@H]2CCCCCC[C@@H]21. The molecule has 1 saturated carbocycles. The molecular weight excluding hydrogens is 282 g/mol. The second-order valence-corrected chi connectivity index (χ2v) is 7.69. The van der Waals surface area contributed by atoms with Crippen LogP contribution in [0.1, 0.15) is 38.5 Å². The van der Waals surface area contributed by atoms with Crippen LogP contribution in [0.5, 0.6) is 0 Å². The van der Waals surface area contributed by atoms with E-state index in [9.17, 15) is 8.42 Å². The molecule has 19 heavy (non-hydrogen) atoms. The van der Waals surface area contributed by atoms with E-state index in [1.807, 2.05) is 0 Å². The van der Waals surface area contributed by atoms with Crippen LogP contribution in [-0.2, 0) is 10.0 Å². The van der Waals surface area contributed by atoms with Crippen molar-refractivity contribution < 1.29 is 8.42 Å². The minimum atomic E-state index is -3.32. The van der Waals surface area contributed by atoms with Crippen molar-refractivity contribution in [2.24, 2.45) is 0 Å². The van der Waals surface area contributed by atoms with E-state index < -0.39 is 10.0 Å². The summed E-state index contributed by atoms with van der Waals surface area (Å²) in [6.07, 6.45) is 6.78. The van der Waals surface area contributed by atoms with Crippen molar-refractivity contribution in [3.8, 4) is 0 Å². The van der Waals surface area contributed by atoms with Crippen LogP contribution in [0.3, 0.4) is 0 Å². The molecule has 0 N–H and O–H groups in total. The lowest BCUT2D eigenvalue weighted by molar-refractivity contribution is 0.538. The van der Waals surface area contributed by atoms with Gasteiger partial charge in [0.2, 0.25) is 10.0 Å². The Morgan fingerprint density at radius 1 is 0.947 bits per heavy atom. The molecule has 0 radical (unpaired) electrons. The Hall–Kier alpha value is -0.580. The van der Waals surface area contributed by atoms with E-state index >= 15 is 0 Å². The van der Waals surface area contributed by atoms with Crippen LogP contribution < -0.4 is 0 Å². The maximum atomic E-state index is 12.6. The van der Waals surface area contributed by atoms with Gasteiger partial charge in [-0.3, -0.25) is 0 Å². The standard InChI is InChI=1S/C14H18ClNO2S/c15-11-7-9-12(10-8-11)19(17,18)16-13-5-3-1-2-4-6-14(13)16/h7-10,13-14H,1-6H2/t13-,14+,16?. The summed E-state index contributed by atoms with van der Waals surface area (Å²) in [5, 5.41) is 0.566. The number of halogens is 1. The number of sulfonamides is 1. The summed E-state index contributed by atoms with van der Waals surface area (Å²) < 4.78 is 26.9. The normalized spacial score (nSPS) is 31.1. The molecule has 1 unspecified atom stereocenters. The van der Waals surface area contributed by atoms with Crippen LogP contribution >= 0.6 is 11.6 Å². The first-order valence-electron chi connectivity index (χ1n) is 6.90. The molecule has 3 nitrogen and oxygen atoms in total. The first kappa shape index (κ1) is 13.4. The smallest absolute Gasteiger partial charge is 0.207 e. The van der Waals surface area contributed by atoms with E-state index in [0.29, 0.717) is 9.92 Å². The van der Waals surface area contributed by atoms with Gasteiger partial charge in [0.25, 0.3) is 0 Å². The van der Waals surface area contributed by atoms with E-state index in [-0.39, 0.29) is 12.1 Å². The molecule has 0 amide bonds. The second kappa shape index (κ2) is 5.08. The molecule has 104 valence electrons. The number of benzene rings is 1. The van der Waals surface area contributed by atoms with Gasteiger partial charge in [0, 0.05) is 17.1 Å². The first-order valence-corrected chi connectivity index (χ1v) is 8.71. The topological polar surface area (TPSA) is 37.1 Å². The van der Waals surface area contributed by atoms with Crippen molar-refractivity contribution >= 4 is 21.6 Å². The molecule has 1 saturated heterocycles. The largest absolute Gasteiger partial charge is 0.243 e. The van der Waals surface area contributed by atoms with E-state index in [1.165, 1.54) is 12.8 Å². The zero-order valence-corrected chi connectivity index (χ0v) is 12.3. The number of rotatable bonds is 2. The van der Waals surface area contributed by atoms with Gasteiger partial charge in [-0.1, -0.05) is 37.3 Å². The van der Waals surface area contributed by atoms with Crippen LogP contribution in [0.15, 0.2) is 29.2 Å². The maximum Gasteiger partial charge on any atom is 0.243 e. The van der Waals surface area contributed by atoms with Gasteiger partial charge in [-0.2, -0.15) is 4.31 Å². The Labute approximate surface area is 119 Å². The average molecular weight is 300 g/mol. The molecule has 5 heteroatoms. The van der Waals surface area contributed by atoms with Gasteiger partial charge in [-0.25, -0.2) is 8.42 Å². The van der Waals surface area contributed by atoms with E-state index in [4.69, 9.17) is 11.6 Å². The Morgan fingerprint density at radius 3 is 2.00 bits per heavy atom. The third kappa shape index (κ3) is 2.54. The highest BCUT2D eigenvalue weighted by Crippen LogP contribution is 2.43. The van der Waals surface area contributed by atoms with Crippen LogP contribution in [-0.4, -0.2) is 24.8 Å². The molecule has 2 aliphatic rings. The quantitative estimate of drug-likeness (QED) is 0.785. The van der Waals surface area contributed by atoms with Crippen molar-refractivity contribution in [1.29, 1.82) is 0 Å². The molecule has 3 atom stereocenters. The molecule has 0 aromatic heterocycles. The fourth-order valence-corrected chi connectivity index (χ4v) is 5.09. The van der Waals surface area contributed by atoms with Crippen LogP contribution in [0, 0.1) is 0 Å². The Balaban J connectivity index is 1.83. The van der Waals surface area contributed by atoms with Gasteiger partial charge in [0.05, 0.1) is 4.90 Å². The van der Waals surface area contributed by atoms with Gasteiger partial charge in [0.15, 0.2) is 0 Å². The maximum absolute atomic E-state index is 12.6. The number of nitrogens with zero attached hydrogens (tertiary/aromatic N) is 1. The molecule has 0 spiro atoms. The molecule has 1 aromatic rings. The number of fused-ring (bicyclic) bond motifs is 1. The van der Waals surface area contributed by atoms with Gasteiger partial charge >= 0.3 is 0 Å². The fraction of sp³-hybridized carbons (Fsp3) is 0.571. The van der Waals surface area contributed by atoms with Gasteiger partial charge < -0.3 is 0 Å². The molecular formula is C14H18ClNO2S. The molecule has 2 fully saturated rings. The third-order valence-electron chi connectivity index (χ3n) is 4.15. The van der Waals surface area contributed by atoms with Crippen LogP contribution in [0.4, 0.5) is 0 Å². The Bertz CT molecular complexity index is 541. The molecule has 1 aliphatic heterocycles. The highest BCUT2D eigenvalue weighted by atomic mass is 35.5. The zero-order chi connectivity index (χ0) is 13.5. The Morgan fingerprint density at radius 2 is 1.47 bits per heavy atom. The summed E-state index contributed by atoms with van der Waals surface area (Å²) >= 11 is 5.81. The minimum absolute atomic E-state index is 0.237. The van der Waals surface area contributed by atoms with E-state index in [1.54, 1.807) is 28.6 Å². The van der Waals surface area contributed by atoms with Crippen molar-refractivity contribution in [1.82, 2.24) is 4.31 Å². The molecule has 1 aromatic carbocycles. The van der Waals surface area contributed by atoms with Crippen LogP contribution in [0.25, 0.3) is 0 Å². The lowest BCUT2D eigenvalue weighted by atomic mass is 10.0. The monoisotopic (exact) mass is 299 g/mol. The highest BCUT2D eigenvalue weighted by Gasteiger charge is 2.54. The summed E-state index contributed by atoms with van der Waals surface area (Å²) in [5.74, 6) is 0. The summed E-state index contributed by atoms with van der Waals surface area (Å²) in [6.45, 7) is 0. The van der Waals surface area contributed by atoms with Crippen molar-refractivity contribution in [2.75, 3.05) is 0 Å². The molecule has 0 bridgehead atoms. The van der Waals surface area contributed by atoms with Crippen molar-refractivity contribution in [3.63, 3.8) is 0 Å². The summed E-state index contributed by atoms with van der Waals surface area (Å²) in [7, 11) is -3.32. The van der Waals surface area contributed by atoms with Crippen LogP contribution in [0.2, 0.25) is 5.02 Å². The average Bonchev–Trinajstić information content (AvgIpc) is 3.02.